The van der Waals surface area contributed by atoms with Crippen LogP contribution >= 0.6 is 0 Å². The van der Waals surface area contributed by atoms with Gasteiger partial charge in [0, 0.05) is 11.7 Å². The highest BCUT2D eigenvalue weighted by Crippen LogP contribution is 2.15. The number of amides is 1. The van der Waals surface area contributed by atoms with E-state index in [4.69, 9.17) is 5.11 Å². The number of carbonyl (C=O) groups excluding carboxylic acids is 1. The van der Waals surface area contributed by atoms with Gasteiger partial charge in [-0.2, -0.15) is 0 Å². The van der Waals surface area contributed by atoms with Crippen LogP contribution in [-0.4, -0.2) is 29.6 Å². The molecule has 19 heavy (non-hydrogen) atoms. The number of carboxylic acid groups (broad SMARTS) is 1. The fraction of sp³-hybridized carbons (Fsp3) is 0.429. The molecule has 5 heteroatoms. The van der Waals surface area contributed by atoms with Gasteiger partial charge in [0.15, 0.2) is 0 Å². The van der Waals surface area contributed by atoms with Crippen LogP contribution in [0.25, 0.3) is 0 Å². The lowest BCUT2D eigenvalue weighted by atomic mass is 10.1. The van der Waals surface area contributed by atoms with Crippen LogP contribution in [0.4, 0.5) is 5.69 Å². The Morgan fingerprint density at radius 2 is 2.05 bits per heavy atom. The molecule has 0 aliphatic carbocycles. The van der Waals surface area contributed by atoms with Gasteiger partial charge in [-0.05, 0) is 38.0 Å². The highest BCUT2D eigenvalue weighted by atomic mass is 16.4. The summed E-state index contributed by atoms with van der Waals surface area (Å²) in [6, 6.07) is 5.13. The summed E-state index contributed by atoms with van der Waals surface area (Å²) in [5, 5.41) is 14.8. The van der Waals surface area contributed by atoms with E-state index in [1.807, 2.05) is 13.8 Å². The van der Waals surface area contributed by atoms with Gasteiger partial charge < -0.3 is 15.7 Å². The van der Waals surface area contributed by atoms with Gasteiger partial charge in [-0.1, -0.05) is 13.0 Å². The molecule has 0 bridgehead atoms. The minimum atomic E-state index is -0.994. The molecule has 1 aromatic rings. The Morgan fingerprint density at radius 3 is 2.63 bits per heavy atom. The zero-order valence-corrected chi connectivity index (χ0v) is 11.5. The number of hydrogen-bond donors (Lipinski definition) is 3. The van der Waals surface area contributed by atoms with Crippen molar-refractivity contribution in [2.24, 2.45) is 0 Å². The van der Waals surface area contributed by atoms with Gasteiger partial charge in [-0.15, -0.1) is 0 Å². The summed E-state index contributed by atoms with van der Waals surface area (Å²) in [7, 11) is 0. The van der Waals surface area contributed by atoms with Crippen LogP contribution in [0.3, 0.4) is 0 Å². The van der Waals surface area contributed by atoms with E-state index in [0.29, 0.717) is 11.3 Å². The van der Waals surface area contributed by atoms with Crippen molar-refractivity contribution in [3.8, 4) is 0 Å². The standard InChI is InChI=1S/C14H20N2O3/c1-4-10(3)15-8-13(17)16-11-6-5-9(2)12(7-11)14(18)19/h5-7,10,15H,4,8H2,1-3H3,(H,16,17)(H,18,19). The van der Waals surface area contributed by atoms with Crippen LogP contribution in [0.15, 0.2) is 18.2 Å². The third-order valence-corrected chi connectivity index (χ3v) is 2.98. The summed E-state index contributed by atoms with van der Waals surface area (Å²) in [5.41, 5.74) is 1.37. The predicted molar refractivity (Wildman–Crippen MR) is 74.5 cm³/mol. The number of aromatic carboxylic acids is 1. The normalized spacial score (nSPS) is 11.9. The summed E-state index contributed by atoms with van der Waals surface area (Å²) in [6.07, 6.45) is 0.945. The van der Waals surface area contributed by atoms with Crippen molar-refractivity contribution in [2.75, 3.05) is 11.9 Å². The predicted octanol–water partition coefficient (Wildman–Crippen LogP) is 2.02. The van der Waals surface area contributed by atoms with E-state index in [0.717, 1.165) is 6.42 Å². The third-order valence-electron chi connectivity index (χ3n) is 2.98. The van der Waals surface area contributed by atoms with Gasteiger partial charge in [0.2, 0.25) is 5.91 Å². The van der Waals surface area contributed by atoms with Gasteiger partial charge >= 0.3 is 5.97 Å². The van der Waals surface area contributed by atoms with Crippen LogP contribution in [0.1, 0.15) is 36.2 Å². The molecule has 1 atom stereocenters. The smallest absolute Gasteiger partial charge is 0.336 e. The van der Waals surface area contributed by atoms with Gasteiger partial charge in [0.25, 0.3) is 0 Å². The Kier molecular flexibility index (Phi) is 5.51. The molecule has 5 nitrogen and oxygen atoms in total. The monoisotopic (exact) mass is 264 g/mol. The Bertz CT molecular complexity index is 472. The lowest BCUT2D eigenvalue weighted by Gasteiger charge is -2.12. The van der Waals surface area contributed by atoms with Crippen molar-refractivity contribution in [1.29, 1.82) is 0 Å². The van der Waals surface area contributed by atoms with Gasteiger partial charge in [0.1, 0.15) is 0 Å². The van der Waals surface area contributed by atoms with Crippen LogP contribution in [0, 0.1) is 6.92 Å². The number of rotatable bonds is 6. The quantitative estimate of drug-likeness (QED) is 0.734. The topological polar surface area (TPSA) is 78.4 Å². The Morgan fingerprint density at radius 1 is 1.37 bits per heavy atom. The maximum absolute atomic E-state index is 11.7. The van der Waals surface area contributed by atoms with Crippen LogP contribution in [0.5, 0.6) is 0 Å². The van der Waals surface area contributed by atoms with E-state index >= 15 is 0 Å². The number of nitrogens with one attached hydrogen (secondary N) is 2. The molecular formula is C14H20N2O3. The molecule has 0 heterocycles. The molecule has 0 spiro atoms. The van der Waals surface area contributed by atoms with Crippen molar-refractivity contribution in [3.05, 3.63) is 29.3 Å². The minimum Gasteiger partial charge on any atom is -0.478 e. The molecule has 0 radical (unpaired) electrons. The van der Waals surface area contributed by atoms with Crippen molar-refractivity contribution in [3.63, 3.8) is 0 Å². The first-order chi connectivity index (χ1) is 8.93. The van der Waals surface area contributed by atoms with E-state index in [2.05, 4.69) is 10.6 Å². The van der Waals surface area contributed by atoms with E-state index in [1.165, 1.54) is 6.07 Å². The molecule has 0 saturated heterocycles. The Labute approximate surface area is 113 Å². The molecule has 3 N–H and O–H groups in total. The number of carboxylic acids is 1. The zero-order valence-electron chi connectivity index (χ0n) is 11.5. The lowest BCUT2D eigenvalue weighted by molar-refractivity contribution is -0.115. The minimum absolute atomic E-state index is 0.180. The number of benzene rings is 1. The van der Waals surface area contributed by atoms with Crippen molar-refractivity contribution < 1.29 is 14.7 Å². The van der Waals surface area contributed by atoms with Crippen LogP contribution in [-0.2, 0) is 4.79 Å². The molecule has 0 aromatic heterocycles. The molecule has 1 unspecified atom stereocenters. The summed E-state index contributed by atoms with van der Waals surface area (Å²) in [4.78, 5) is 22.7. The van der Waals surface area contributed by atoms with E-state index in [1.54, 1.807) is 19.1 Å². The molecule has 0 aliphatic heterocycles. The number of aryl methyl sites for hydroxylation is 1. The average molecular weight is 264 g/mol. The molecule has 1 rings (SSSR count). The van der Waals surface area contributed by atoms with Crippen LogP contribution < -0.4 is 10.6 Å². The summed E-state index contributed by atoms with van der Waals surface area (Å²) in [5.74, 6) is -1.17. The first-order valence-corrected chi connectivity index (χ1v) is 6.31. The van der Waals surface area contributed by atoms with Crippen LogP contribution in [0.2, 0.25) is 0 Å². The first kappa shape index (κ1) is 15.2. The lowest BCUT2D eigenvalue weighted by Crippen LogP contribution is -2.34. The molecule has 1 aromatic carbocycles. The Hall–Kier alpha value is -1.88. The molecule has 104 valence electrons. The Balaban J connectivity index is 2.64. The molecule has 0 saturated carbocycles. The van der Waals surface area contributed by atoms with Gasteiger partial charge in [-0.25, -0.2) is 4.79 Å². The molecule has 0 aliphatic rings. The van der Waals surface area contributed by atoms with Gasteiger partial charge in [0.05, 0.1) is 12.1 Å². The molecule has 0 fully saturated rings. The second-order valence-electron chi connectivity index (χ2n) is 4.57. The van der Waals surface area contributed by atoms with E-state index < -0.39 is 5.97 Å². The summed E-state index contributed by atoms with van der Waals surface area (Å²) < 4.78 is 0. The maximum Gasteiger partial charge on any atom is 0.336 e. The first-order valence-electron chi connectivity index (χ1n) is 6.31. The summed E-state index contributed by atoms with van der Waals surface area (Å²) >= 11 is 0. The van der Waals surface area contributed by atoms with Gasteiger partial charge in [-0.3, -0.25) is 4.79 Å². The molecule has 1 amide bonds. The second-order valence-corrected chi connectivity index (χ2v) is 4.57. The van der Waals surface area contributed by atoms with Crippen molar-refractivity contribution in [2.45, 2.75) is 33.2 Å². The highest BCUT2D eigenvalue weighted by Gasteiger charge is 2.10. The third kappa shape index (κ3) is 4.71. The largest absolute Gasteiger partial charge is 0.478 e. The fourth-order valence-electron chi connectivity index (χ4n) is 1.55. The molecular weight excluding hydrogens is 244 g/mol. The number of hydrogen-bond acceptors (Lipinski definition) is 3. The highest BCUT2D eigenvalue weighted by molar-refractivity contribution is 5.95. The van der Waals surface area contributed by atoms with E-state index in [-0.39, 0.29) is 24.1 Å². The second kappa shape index (κ2) is 6.89. The summed E-state index contributed by atoms with van der Waals surface area (Å²) in [6.45, 7) is 5.97. The van der Waals surface area contributed by atoms with Crippen molar-refractivity contribution in [1.82, 2.24) is 5.32 Å². The number of carbonyl (C=O) groups is 2. The SMILES string of the molecule is CCC(C)NCC(=O)Nc1ccc(C)c(C(=O)O)c1. The van der Waals surface area contributed by atoms with Crippen molar-refractivity contribution >= 4 is 17.6 Å². The fourth-order valence-corrected chi connectivity index (χ4v) is 1.55. The zero-order chi connectivity index (χ0) is 14.4. The van der Waals surface area contributed by atoms with E-state index in [9.17, 15) is 9.59 Å². The maximum atomic E-state index is 11.7. The number of anilines is 1. The average Bonchev–Trinajstić information content (AvgIpc) is 2.37.